The standard InChI is InChI=1S/C16H24N2/c1-12(17-2)16-10-14-8-3-4-9-15(14)18(16)11-13-6-5-7-13/h3-4,8-9,12-13,16-17H,5-7,10-11H2,1-2H3. The van der Waals surface area contributed by atoms with Crippen LogP contribution in [0.1, 0.15) is 31.7 Å². The van der Waals surface area contributed by atoms with Crippen molar-refractivity contribution in [2.24, 2.45) is 5.92 Å². The number of hydrogen-bond donors (Lipinski definition) is 1. The fraction of sp³-hybridized carbons (Fsp3) is 0.625. The fourth-order valence-electron chi connectivity index (χ4n) is 3.30. The molecule has 0 amide bonds. The van der Waals surface area contributed by atoms with Gasteiger partial charge in [0.25, 0.3) is 0 Å². The summed E-state index contributed by atoms with van der Waals surface area (Å²) in [4.78, 5) is 2.67. The highest BCUT2D eigenvalue weighted by atomic mass is 15.2. The monoisotopic (exact) mass is 244 g/mol. The Morgan fingerprint density at radius 2 is 2.11 bits per heavy atom. The molecule has 0 spiro atoms. The highest BCUT2D eigenvalue weighted by molar-refractivity contribution is 5.59. The number of nitrogens with one attached hydrogen (secondary N) is 1. The van der Waals surface area contributed by atoms with Crippen LogP contribution in [0.25, 0.3) is 0 Å². The fourth-order valence-corrected chi connectivity index (χ4v) is 3.30. The van der Waals surface area contributed by atoms with Crippen molar-refractivity contribution in [2.45, 2.75) is 44.7 Å². The van der Waals surface area contributed by atoms with Crippen LogP contribution >= 0.6 is 0 Å². The Balaban J connectivity index is 1.83. The molecular weight excluding hydrogens is 220 g/mol. The van der Waals surface area contributed by atoms with E-state index in [9.17, 15) is 0 Å². The van der Waals surface area contributed by atoms with Gasteiger partial charge in [-0.1, -0.05) is 24.6 Å². The van der Waals surface area contributed by atoms with Crippen LogP contribution in [0.4, 0.5) is 5.69 Å². The number of para-hydroxylation sites is 1. The molecule has 1 saturated carbocycles. The van der Waals surface area contributed by atoms with E-state index in [4.69, 9.17) is 0 Å². The molecule has 1 aromatic carbocycles. The van der Waals surface area contributed by atoms with E-state index in [1.54, 1.807) is 0 Å². The van der Waals surface area contributed by atoms with Crippen LogP contribution in [0.5, 0.6) is 0 Å². The van der Waals surface area contributed by atoms with Crippen molar-refractivity contribution in [1.29, 1.82) is 0 Å². The molecule has 2 aliphatic rings. The second kappa shape index (κ2) is 4.93. The number of likely N-dealkylation sites (N-methyl/N-ethyl adjacent to an activating group) is 1. The minimum Gasteiger partial charge on any atom is -0.366 e. The maximum Gasteiger partial charge on any atom is 0.0481 e. The van der Waals surface area contributed by atoms with E-state index in [-0.39, 0.29) is 0 Å². The summed E-state index contributed by atoms with van der Waals surface area (Å²) in [5, 5.41) is 3.44. The van der Waals surface area contributed by atoms with Gasteiger partial charge in [-0.15, -0.1) is 0 Å². The molecule has 1 fully saturated rings. The third-order valence-corrected chi connectivity index (χ3v) is 4.84. The first-order valence-corrected chi connectivity index (χ1v) is 7.31. The van der Waals surface area contributed by atoms with Gasteiger partial charge < -0.3 is 10.2 Å². The predicted molar refractivity (Wildman–Crippen MR) is 77.1 cm³/mol. The van der Waals surface area contributed by atoms with Gasteiger partial charge in [0.15, 0.2) is 0 Å². The average Bonchev–Trinajstić information content (AvgIpc) is 2.71. The zero-order valence-electron chi connectivity index (χ0n) is 11.5. The van der Waals surface area contributed by atoms with Crippen molar-refractivity contribution in [2.75, 3.05) is 18.5 Å². The second-order valence-corrected chi connectivity index (χ2v) is 5.93. The van der Waals surface area contributed by atoms with E-state index in [0.29, 0.717) is 12.1 Å². The summed E-state index contributed by atoms with van der Waals surface area (Å²) in [6.45, 7) is 3.57. The summed E-state index contributed by atoms with van der Waals surface area (Å²) in [6.07, 6.45) is 5.50. The molecule has 1 N–H and O–H groups in total. The highest BCUT2D eigenvalue weighted by Crippen LogP contribution is 2.37. The van der Waals surface area contributed by atoms with Crippen LogP contribution < -0.4 is 10.2 Å². The minimum absolute atomic E-state index is 0.553. The lowest BCUT2D eigenvalue weighted by Crippen LogP contribution is -2.48. The smallest absolute Gasteiger partial charge is 0.0481 e. The van der Waals surface area contributed by atoms with Gasteiger partial charge in [0.2, 0.25) is 0 Å². The van der Waals surface area contributed by atoms with E-state index >= 15 is 0 Å². The molecule has 0 saturated heterocycles. The average molecular weight is 244 g/mol. The molecule has 0 radical (unpaired) electrons. The normalized spacial score (nSPS) is 24.8. The lowest BCUT2D eigenvalue weighted by atomic mass is 9.84. The van der Waals surface area contributed by atoms with Crippen molar-refractivity contribution >= 4 is 5.69 Å². The van der Waals surface area contributed by atoms with Gasteiger partial charge in [-0.3, -0.25) is 0 Å². The quantitative estimate of drug-likeness (QED) is 0.876. The Bertz CT molecular complexity index is 411. The van der Waals surface area contributed by atoms with Crippen LogP contribution in [-0.2, 0) is 6.42 Å². The third kappa shape index (κ3) is 2.03. The largest absolute Gasteiger partial charge is 0.366 e. The Labute approximate surface area is 110 Å². The summed E-state index contributed by atoms with van der Waals surface area (Å²) in [6, 6.07) is 10.1. The molecule has 0 bridgehead atoms. The van der Waals surface area contributed by atoms with Crippen LogP contribution in [0.3, 0.4) is 0 Å². The van der Waals surface area contributed by atoms with E-state index < -0.39 is 0 Å². The van der Waals surface area contributed by atoms with Gasteiger partial charge in [-0.25, -0.2) is 0 Å². The molecule has 1 aliphatic carbocycles. The Hall–Kier alpha value is -1.02. The molecule has 2 heteroatoms. The molecule has 1 aromatic rings. The number of rotatable bonds is 4. The number of anilines is 1. The lowest BCUT2D eigenvalue weighted by molar-refractivity contribution is 0.305. The van der Waals surface area contributed by atoms with E-state index in [0.717, 1.165) is 5.92 Å². The van der Waals surface area contributed by atoms with Crippen molar-refractivity contribution in [3.63, 3.8) is 0 Å². The Morgan fingerprint density at radius 1 is 1.33 bits per heavy atom. The van der Waals surface area contributed by atoms with Crippen molar-refractivity contribution in [3.8, 4) is 0 Å². The Morgan fingerprint density at radius 3 is 2.78 bits per heavy atom. The zero-order valence-corrected chi connectivity index (χ0v) is 11.5. The van der Waals surface area contributed by atoms with Gasteiger partial charge in [-0.05, 0) is 50.8 Å². The Kier molecular flexibility index (Phi) is 3.29. The molecule has 1 aliphatic heterocycles. The molecule has 2 unspecified atom stereocenters. The highest BCUT2D eigenvalue weighted by Gasteiger charge is 2.34. The third-order valence-electron chi connectivity index (χ3n) is 4.84. The van der Waals surface area contributed by atoms with Crippen LogP contribution in [0.15, 0.2) is 24.3 Å². The molecular formula is C16H24N2. The van der Waals surface area contributed by atoms with Gasteiger partial charge in [-0.2, -0.15) is 0 Å². The van der Waals surface area contributed by atoms with Crippen molar-refractivity contribution in [1.82, 2.24) is 5.32 Å². The topological polar surface area (TPSA) is 15.3 Å². The molecule has 18 heavy (non-hydrogen) atoms. The van der Waals surface area contributed by atoms with Crippen LogP contribution in [0.2, 0.25) is 0 Å². The maximum atomic E-state index is 3.44. The summed E-state index contributed by atoms with van der Waals surface area (Å²) < 4.78 is 0. The summed E-state index contributed by atoms with van der Waals surface area (Å²) in [7, 11) is 2.08. The number of benzene rings is 1. The summed E-state index contributed by atoms with van der Waals surface area (Å²) >= 11 is 0. The van der Waals surface area contributed by atoms with Crippen LogP contribution in [-0.4, -0.2) is 25.7 Å². The van der Waals surface area contributed by atoms with Gasteiger partial charge in [0.1, 0.15) is 0 Å². The van der Waals surface area contributed by atoms with E-state index in [1.807, 2.05) is 0 Å². The van der Waals surface area contributed by atoms with Crippen molar-refractivity contribution in [3.05, 3.63) is 29.8 Å². The first-order chi connectivity index (χ1) is 8.79. The maximum absolute atomic E-state index is 3.44. The van der Waals surface area contributed by atoms with E-state index in [1.165, 1.54) is 43.5 Å². The molecule has 1 heterocycles. The number of hydrogen-bond acceptors (Lipinski definition) is 2. The summed E-state index contributed by atoms with van der Waals surface area (Å²) in [5.41, 5.74) is 3.01. The zero-order chi connectivity index (χ0) is 12.5. The van der Waals surface area contributed by atoms with Crippen LogP contribution in [0, 0.1) is 5.92 Å². The first-order valence-electron chi connectivity index (χ1n) is 7.31. The van der Waals surface area contributed by atoms with Crippen molar-refractivity contribution < 1.29 is 0 Å². The second-order valence-electron chi connectivity index (χ2n) is 5.93. The SMILES string of the molecule is CNC(C)C1Cc2ccccc2N1CC1CCC1. The molecule has 0 aromatic heterocycles. The molecule has 2 atom stereocenters. The number of nitrogens with zero attached hydrogens (tertiary/aromatic N) is 1. The van der Waals surface area contributed by atoms with Gasteiger partial charge >= 0.3 is 0 Å². The first kappa shape index (κ1) is 12.0. The van der Waals surface area contributed by atoms with E-state index in [2.05, 4.69) is 48.5 Å². The lowest BCUT2D eigenvalue weighted by Gasteiger charge is -2.37. The van der Waals surface area contributed by atoms with Gasteiger partial charge in [0.05, 0.1) is 0 Å². The molecule has 98 valence electrons. The molecule has 2 nitrogen and oxygen atoms in total. The summed E-state index contributed by atoms with van der Waals surface area (Å²) in [5.74, 6) is 0.933. The minimum atomic E-state index is 0.553. The number of fused-ring (bicyclic) bond motifs is 1. The van der Waals surface area contributed by atoms with Gasteiger partial charge in [0, 0.05) is 24.3 Å². The predicted octanol–water partition coefficient (Wildman–Crippen LogP) is 2.83. The molecule has 3 rings (SSSR count).